The van der Waals surface area contributed by atoms with Crippen LogP contribution in [0.1, 0.15) is 208 Å². The Balaban J connectivity index is 0.000000605. The fourth-order valence-electron chi connectivity index (χ4n) is 9.97. The Morgan fingerprint density at radius 1 is 0.412 bits per heavy atom. The largest absolute Gasteiger partial charge is 0.481 e. The lowest BCUT2D eigenvalue weighted by atomic mass is 9.81. The van der Waals surface area contributed by atoms with E-state index in [4.69, 9.17) is 52.1 Å². The quantitative estimate of drug-likeness (QED) is 0.00756. The van der Waals surface area contributed by atoms with Crippen LogP contribution in [0.3, 0.4) is 0 Å². The number of benzene rings is 7. The number of hydrogen-bond donors (Lipinski definition) is 9. The van der Waals surface area contributed by atoms with Gasteiger partial charge in [0.15, 0.2) is 0 Å². The van der Waals surface area contributed by atoms with E-state index < -0.39 is 65.6 Å². The third-order valence-electron chi connectivity index (χ3n) is 15.8. The number of aliphatic carboxylic acids is 8. The predicted octanol–water partition coefficient (Wildman–Crippen LogP) is 19.4. The van der Waals surface area contributed by atoms with Gasteiger partial charge in [0, 0.05) is 43.9 Å². The van der Waals surface area contributed by atoms with Crippen molar-refractivity contribution in [2.45, 2.75) is 187 Å². The minimum absolute atomic E-state index is 0.0432. The lowest BCUT2D eigenvalue weighted by Crippen LogP contribution is -2.26. The van der Waals surface area contributed by atoms with Crippen molar-refractivity contribution < 1.29 is 93.8 Å². The maximum absolute atomic E-state index is 11.6. The fourth-order valence-corrected chi connectivity index (χ4v) is 10.1. The lowest BCUT2D eigenvalue weighted by molar-refractivity contribution is -0.147. The molecule has 0 aliphatic rings. The van der Waals surface area contributed by atoms with Crippen LogP contribution in [0, 0.1) is 11.8 Å². The van der Waals surface area contributed by atoms with E-state index in [2.05, 4.69) is 45.0 Å². The molecule has 7 aromatic rings. The second kappa shape index (κ2) is 55.0. The first-order valence-corrected chi connectivity index (χ1v) is 35.2. The molecule has 0 radical (unpaired) electrons. The zero-order valence-corrected chi connectivity index (χ0v) is 60.2. The Labute approximate surface area is 604 Å². The predicted molar refractivity (Wildman–Crippen MR) is 402 cm³/mol. The summed E-state index contributed by atoms with van der Waals surface area (Å²) in [7, 11) is 0. The zero-order chi connectivity index (χ0) is 76.0. The van der Waals surface area contributed by atoms with Crippen molar-refractivity contribution in [2.24, 2.45) is 11.8 Å². The highest BCUT2D eigenvalue weighted by Crippen LogP contribution is 2.34. The molecule has 5 atom stereocenters. The molecule has 0 spiro atoms. The van der Waals surface area contributed by atoms with Crippen LogP contribution in [0.4, 0.5) is 0 Å². The lowest BCUT2D eigenvalue weighted by Gasteiger charge is -2.21. The molecule has 0 aromatic heterocycles. The molecule has 0 saturated carbocycles. The summed E-state index contributed by atoms with van der Waals surface area (Å²) in [4.78, 5) is 94.8. The van der Waals surface area contributed by atoms with E-state index in [1.807, 2.05) is 72.8 Å². The summed E-state index contributed by atoms with van der Waals surface area (Å²) in [5.41, 5.74) is 4.29. The van der Waals surface area contributed by atoms with Crippen molar-refractivity contribution in [2.75, 3.05) is 13.2 Å². The van der Waals surface area contributed by atoms with Crippen molar-refractivity contribution in [1.29, 1.82) is 0 Å². The number of hydrogen-bond acceptors (Lipinski definition) is 10. The summed E-state index contributed by atoms with van der Waals surface area (Å²) in [5.74, 6) is -9.48. The maximum atomic E-state index is 11.6. The van der Waals surface area contributed by atoms with E-state index in [0.717, 1.165) is 65.1 Å². The van der Waals surface area contributed by atoms with Crippen LogP contribution in [0.15, 0.2) is 176 Å². The van der Waals surface area contributed by atoms with E-state index in [9.17, 15) is 53.4 Å². The molecule has 9 N–H and O–H groups in total. The first kappa shape index (κ1) is 90.3. The molecule has 19 nitrogen and oxygen atoms in total. The van der Waals surface area contributed by atoms with Gasteiger partial charge >= 0.3 is 53.7 Å². The molecule has 0 aliphatic carbocycles. The van der Waals surface area contributed by atoms with Crippen molar-refractivity contribution >= 4 is 92.9 Å². The molecule has 3 unspecified atom stereocenters. The molecule has 102 heavy (non-hydrogen) atoms. The molecule has 20 heteroatoms. The summed E-state index contributed by atoms with van der Waals surface area (Å²) in [6.07, 6.45) is 22.2. The summed E-state index contributed by atoms with van der Waals surface area (Å²) in [6, 6.07) is 52.1. The first-order chi connectivity index (χ1) is 48.7. The van der Waals surface area contributed by atoms with E-state index in [0.29, 0.717) is 49.2 Å². The number of fused-ring (bicyclic) bond motifs is 2. The second-order valence-corrected chi connectivity index (χ2v) is 25.3. The molecule has 0 heterocycles. The van der Waals surface area contributed by atoms with Gasteiger partial charge in [0.25, 0.3) is 0 Å². The fraction of sp³-hybridized carbons (Fsp3) is 0.402. The maximum Gasteiger partial charge on any atom is 0.335 e. The van der Waals surface area contributed by atoms with Crippen molar-refractivity contribution in [1.82, 2.24) is 0 Å². The van der Waals surface area contributed by atoms with E-state index >= 15 is 0 Å². The number of carbonyl (C=O) groups is 9. The number of rotatable bonds is 37. The average Bonchev–Trinajstić information content (AvgIpc) is 0.812. The topological polar surface area (TPSA) is 345 Å². The number of unbranched alkanes of at least 4 members (excludes halogenated alkanes) is 10. The average molecular weight is 1430 g/mol. The van der Waals surface area contributed by atoms with Crippen LogP contribution in [0.25, 0.3) is 38.7 Å². The van der Waals surface area contributed by atoms with Crippen LogP contribution in [0.5, 0.6) is 0 Å². The van der Waals surface area contributed by atoms with E-state index in [1.165, 1.54) is 81.4 Å². The van der Waals surface area contributed by atoms with Gasteiger partial charge in [-0.2, -0.15) is 0 Å². The molecule has 0 saturated heterocycles. The Kier molecular flexibility index (Phi) is 48.7. The minimum Gasteiger partial charge on any atom is -0.481 e. The van der Waals surface area contributed by atoms with Gasteiger partial charge in [0.1, 0.15) is 0 Å². The third kappa shape index (κ3) is 43.7. The molecular weight excluding hydrogens is 1320 g/mol. The monoisotopic (exact) mass is 1430 g/mol. The van der Waals surface area contributed by atoms with Crippen molar-refractivity contribution in [3.8, 4) is 11.1 Å². The standard InChI is InChI=1S/C17H12O2.C16H14O4.C13H10O2.C13H26O2.C11H22O2.C8H14O5.C4H7ClO2/c18-17(19)8-6-12-5-7-15-10-13-3-1-2-4-14(13)11-16(15)9-12;17-15(18)13(11-7-3-1-4-8-11)14(16(19)20)12-9-5-2-6-10-12;14-13(15)12-8-6-11(7-9-12)10-4-2-1-3-5-10;1-3-12(2)10-8-6-4-5-7-9-11-13(14)15;1-3-4-5-6-7-8-9-10(2)11(12)13;9-7(10)3-1-5-13-6-2-4-8(11)12;1-3(5)2-4(6)7/h1-11H,(H,18,19);1-10,13-14H,(H,17,18)(H,19,20);1-9H,(H,14,15);12H,3-11H2,1-2H3,(H,14,15);10H,3-9H2,1-2H3,(H,12,13);1-6H2,(H,9,10)(H,11,12);3H,2H2,1H3,(H,6,7)/t;13-,14-;;;;;/m.1...../s1. The van der Waals surface area contributed by atoms with Gasteiger partial charge in [-0.25, -0.2) is 9.59 Å². The summed E-state index contributed by atoms with van der Waals surface area (Å²) >= 11 is 5.29. The normalized spacial score (nSPS) is 11.9. The first-order valence-electron chi connectivity index (χ1n) is 34.8. The van der Waals surface area contributed by atoms with Crippen molar-refractivity contribution in [3.05, 3.63) is 198 Å². The van der Waals surface area contributed by atoms with E-state index in [-0.39, 0.29) is 30.6 Å². The molecule has 7 aromatic carbocycles. The highest BCUT2D eigenvalue weighted by molar-refractivity contribution is 6.21. The summed E-state index contributed by atoms with van der Waals surface area (Å²) < 4.78 is 5.01. The number of alkyl halides is 1. The molecule has 0 aliphatic heterocycles. The zero-order valence-electron chi connectivity index (χ0n) is 59.5. The number of carboxylic acid groups (broad SMARTS) is 9. The van der Waals surface area contributed by atoms with Gasteiger partial charge in [0.2, 0.25) is 0 Å². The minimum atomic E-state index is -1.15. The Morgan fingerprint density at radius 2 is 0.824 bits per heavy atom. The van der Waals surface area contributed by atoms with Gasteiger partial charge in [0.05, 0.1) is 29.7 Å². The van der Waals surface area contributed by atoms with Crippen molar-refractivity contribution in [3.63, 3.8) is 0 Å². The number of ether oxygens (including phenoxy) is 1. The van der Waals surface area contributed by atoms with Crippen LogP contribution in [-0.4, -0.2) is 118 Å². The number of carboxylic acids is 9. The molecular formula is C82H105ClO19. The summed E-state index contributed by atoms with van der Waals surface area (Å²) in [5, 5.41) is 82.3. The van der Waals surface area contributed by atoms with Gasteiger partial charge in [-0.1, -0.05) is 251 Å². The van der Waals surface area contributed by atoms with Gasteiger partial charge in [-0.15, -0.1) is 11.6 Å². The molecule has 0 fully saturated rings. The highest BCUT2D eigenvalue weighted by Gasteiger charge is 2.36. The molecule has 0 bridgehead atoms. The van der Waals surface area contributed by atoms with Gasteiger partial charge in [-0.3, -0.25) is 33.6 Å². The Bertz CT molecular complexity index is 3490. The molecule has 554 valence electrons. The SMILES string of the molecule is CC(Cl)CC(=O)O.CCC(C)CCCCCCCCC(=O)O.CCCCCCCCC(C)C(=O)O.O=C(O)C=Cc1ccc2cc3ccccc3cc2c1.O=C(O)CCCOCCCC(=O)O.O=C(O)[C@H](c1ccccc1)[C@H](C(=O)O)c1ccccc1.O=C(O)c1ccc(-c2ccccc2)cc1. The number of halogens is 1. The van der Waals surface area contributed by atoms with Crippen LogP contribution >= 0.6 is 11.6 Å². The van der Waals surface area contributed by atoms with Crippen LogP contribution in [0.2, 0.25) is 0 Å². The Hall–Kier alpha value is -9.72. The summed E-state index contributed by atoms with van der Waals surface area (Å²) in [6.45, 7) is 11.0. The smallest absolute Gasteiger partial charge is 0.335 e. The van der Waals surface area contributed by atoms with Gasteiger partial charge < -0.3 is 50.7 Å². The second-order valence-electron chi connectivity index (χ2n) is 24.5. The van der Waals surface area contributed by atoms with Crippen LogP contribution in [-0.2, 0) is 43.1 Å². The van der Waals surface area contributed by atoms with Crippen LogP contribution < -0.4 is 0 Å². The Morgan fingerprint density at radius 3 is 1.24 bits per heavy atom. The molecule has 7 rings (SSSR count). The van der Waals surface area contributed by atoms with E-state index in [1.54, 1.807) is 92.7 Å². The van der Waals surface area contributed by atoms with Gasteiger partial charge in [-0.05, 0) is 124 Å². The molecule has 0 amide bonds. The highest BCUT2D eigenvalue weighted by atomic mass is 35.5. The third-order valence-corrected chi connectivity index (χ3v) is 16.0. The number of aromatic carboxylic acids is 1.